The minimum Gasteiger partial charge on any atom is -0.324 e. The average Bonchev–Trinajstić information content (AvgIpc) is 3.04. The van der Waals surface area contributed by atoms with Crippen LogP contribution in [0.25, 0.3) is 0 Å². The molecule has 1 aliphatic heterocycles. The number of hydrogen-bond acceptors (Lipinski definition) is 5. The van der Waals surface area contributed by atoms with E-state index in [4.69, 9.17) is 0 Å². The number of fused-ring (bicyclic) bond motifs is 1. The Morgan fingerprint density at radius 1 is 0.767 bits per heavy atom. The number of imide groups is 1. The molecule has 3 amide bonds. The molecule has 0 fully saturated rings. The first-order chi connectivity index (χ1) is 14.5. The lowest BCUT2D eigenvalue weighted by Crippen LogP contribution is -2.45. The van der Waals surface area contributed by atoms with Gasteiger partial charge in [0, 0.05) is 5.69 Å². The van der Waals surface area contributed by atoms with Gasteiger partial charge in [0.15, 0.2) is 0 Å². The smallest absolute Gasteiger partial charge is 0.262 e. The molecule has 0 bridgehead atoms. The Morgan fingerprint density at radius 2 is 1.27 bits per heavy atom. The molecule has 30 heavy (non-hydrogen) atoms. The number of benzene rings is 3. The number of hydrogen-bond donors (Lipinski definition) is 1. The predicted molar refractivity (Wildman–Crippen MR) is 112 cm³/mol. The number of nitrogens with one attached hydrogen (secondary N) is 1. The summed E-state index contributed by atoms with van der Waals surface area (Å²) in [4.78, 5) is 38.7. The van der Waals surface area contributed by atoms with Crippen molar-refractivity contribution in [2.24, 2.45) is 10.2 Å². The van der Waals surface area contributed by atoms with Crippen molar-refractivity contribution >= 4 is 34.8 Å². The summed E-state index contributed by atoms with van der Waals surface area (Å²) in [7, 11) is 0. The second-order valence-corrected chi connectivity index (χ2v) is 6.77. The van der Waals surface area contributed by atoms with E-state index >= 15 is 0 Å². The maximum atomic E-state index is 12.6. The highest BCUT2D eigenvalue weighted by Crippen LogP contribution is 2.25. The molecule has 148 valence electrons. The molecule has 4 rings (SSSR count). The molecule has 0 aromatic heterocycles. The predicted octanol–water partition coefficient (Wildman–Crippen LogP) is 4.73. The van der Waals surface area contributed by atoms with Crippen molar-refractivity contribution in [2.45, 2.75) is 13.0 Å². The summed E-state index contributed by atoms with van der Waals surface area (Å²) in [6.45, 7) is 1.53. The van der Waals surface area contributed by atoms with Crippen molar-refractivity contribution in [3.8, 4) is 0 Å². The third-order valence-electron chi connectivity index (χ3n) is 4.76. The maximum absolute atomic E-state index is 12.6. The molecule has 3 aromatic carbocycles. The first kappa shape index (κ1) is 19.2. The fourth-order valence-electron chi connectivity index (χ4n) is 3.15. The van der Waals surface area contributed by atoms with Crippen LogP contribution in [0.15, 0.2) is 89.1 Å². The van der Waals surface area contributed by atoms with Gasteiger partial charge >= 0.3 is 0 Å². The molecule has 3 aromatic rings. The number of carbonyl (C=O) groups is 3. The summed E-state index contributed by atoms with van der Waals surface area (Å²) in [6, 6.07) is 21.8. The van der Waals surface area contributed by atoms with Gasteiger partial charge < -0.3 is 5.32 Å². The first-order valence-corrected chi connectivity index (χ1v) is 9.39. The normalized spacial score (nSPS) is 14.1. The molecule has 1 aliphatic rings. The van der Waals surface area contributed by atoms with Gasteiger partial charge in [0.05, 0.1) is 22.5 Å². The highest BCUT2D eigenvalue weighted by atomic mass is 16.2. The van der Waals surface area contributed by atoms with E-state index in [1.165, 1.54) is 6.92 Å². The number of azo groups is 1. The Bertz CT molecular complexity index is 1110. The minimum absolute atomic E-state index is 0.315. The lowest BCUT2D eigenvalue weighted by atomic mass is 10.1. The highest BCUT2D eigenvalue weighted by molar-refractivity contribution is 6.23. The van der Waals surface area contributed by atoms with E-state index in [2.05, 4.69) is 15.5 Å². The first-order valence-electron chi connectivity index (χ1n) is 9.39. The third kappa shape index (κ3) is 3.73. The second-order valence-electron chi connectivity index (χ2n) is 6.77. The number of rotatable bonds is 5. The lowest BCUT2D eigenvalue weighted by molar-refractivity contribution is -0.119. The quantitative estimate of drug-likeness (QED) is 0.498. The van der Waals surface area contributed by atoms with E-state index in [0.29, 0.717) is 22.5 Å². The van der Waals surface area contributed by atoms with Gasteiger partial charge in [-0.05, 0) is 55.5 Å². The highest BCUT2D eigenvalue weighted by Gasteiger charge is 2.40. The van der Waals surface area contributed by atoms with Crippen molar-refractivity contribution in [1.82, 2.24) is 4.90 Å². The van der Waals surface area contributed by atoms with E-state index in [1.807, 2.05) is 30.3 Å². The van der Waals surface area contributed by atoms with E-state index in [1.54, 1.807) is 48.5 Å². The van der Waals surface area contributed by atoms with Crippen LogP contribution in [-0.2, 0) is 4.79 Å². The van der Waals surface area contributed by atoms with Crippen LogP contribution >= 0.6 is 0 Å². The SMILES string of the molecule is C[C@H](C(=O)Nc1ccc(N=Nc2ccccc2)cc1)N1C(=O)c2ccccc2C1=O. The second kappa shape index (κ2) is 8.08. The summed E-state index contributed by atoms with van der Waals surface area (Å²) in [5.41, 5.74) is 2.53. The summed E-state index contributed by atoms with van der Waals surface area (Å²) >= 11 is 0. The zero-order valence-electron chi connectivity index (χ0n) is 16.1. The van der Waals surface area contributed by atoms with Crippen LogP contribution in [0.5, 0.6) is 0 Å². The van der Waals surface area contributed by atoms with Crippen molar-refractivity contribution in [3.63, 3.8) is 0 Å². The number of anilines is 1. The van der Waals surface area contributed by atoms with E-state index in [0.717, 1.165) is 10.6 Å². The van der Waals surface area contributed by atoms with Gasteiger partial charge in [-0.25, -0.2) is 0 Å². The molecular formula is C23H18N4O3. The molecule has 1 heterocycles. The maximum Gasteiger partial charge on any atom is 0.262 e. The lowest BCUT2D eigenvalue weighted by Gasteiger charge is -2.21. The molecule has 7 nitrogen and oxygen atoms in total. The number of amides is 3. The molecule has 0 radical (unpaired) electrons. The van der Waals surface area contributed by atoms with Crippen LogP contribution in [-0.4, -0.2) is 28.7 Å². The monoisotopic (exact) mass is 398 g/mol. The van der Waals surface area contributed by atoms with Gasteiger partial charge in [0.25, 0.3) is 11.8 Å². The third-order valence-corrected chi connectivity index (χ3v) is 4.76. The van der Waals surface area contributed by atoms with Crippen LogP contribution in [0.3, 0.4) is 0 Å². The molecule has 7 heteroatoms. The number of carbonyl (C=O) groups excluding carboxylic acids is 3. The van der Waals surface area contributed by atoms with Crippen LogP contribution in [0.1, 0.15) is 27.6 Å². The molecule has 0 saturated carbocycles. The zero-order chi connectivity index (χ0) is 21.1. The average molecular weight is 398 g/mol. The zero-order valence-corrected chi connectivity index (χ0v) is 16.1. The molecule has 0 spiro atoms. The van der Waals surface area contributed by atoms with Crippen molar-refractivity contribution in [3.05, 3.63) is 90.0 Å². The molecular weight excluding hydrogens is 380 g/mol. The van der Waals surface area contributed by atoms with Crippen molar-refractivity contribution in [2.75, 3.05) is 5.32 Å². The van der Waals surface area contributed by atoms with Crippen molar-refractivity contribution < 1.29 is 14.4 Å². The standard InChI is InChI=1S/C23H18N4O3/c1-15(27-22(29)19-9-5-6-10-20(19)23(27)30)21(28)24-16-11-13-18(14-12-16)26-25-17-7-3-2-4-8-17/h2-15H,1H3,(H,24,28)/t15-/m1/s1. The molecule has 1 atom stereocenters. The summed E-state index contributed by atoms with van der Waals surface area (Å²) in [6.07, 6.45) is 0. The molecule has 0 aliphatic carbocycles. The van der Waals surface area contributed by atoms with Crippen LogP contribution in [0.4, 0.5) is 17.1 Å². The van der Waals surface area contributed by atoms with Gasteiger partial charge in [-0.2, -0.15) is 10.2 Å². The minimum atomic E-state index is -0.949. The van der Waals surface area contributed by atoms with Crippen molar-refractivity contribution in [1.29, 1.82) is 0 Å². The van der Waals surface area contributed by atoms with Crippen LogP contribution < -0.4 is 5.32 Å². The fraction of sp³-hybridized carbons (Fsp3) is 0.0870. The molecule has 0 unspecified atom stereocenters. The van der Waals surface area contributed by atoms with E-state index in [9.17, 15) is 14.4 Å². The van der Waals surface area contributed by atoms with E-state index < -0.39 is 23.8 Å². The van der Waals surface area contributed by atoms with Gasteiger partial charge in [0.2, 0.25) is 5.91 Å². The fourth-order valence-corrected chi connectivity index (χ4v) is 3.15. The Balaban J connectivity index is 1.42. The topological polar surface area (TPSA) is 91.2 Å². The van der Waals surface area contributed by atoms with Gasteiger partial charge in [-0.1, -0.05) is 30.3 Å². The van der Waals surface area contributed by atoms with Crippen LogP contribution in [0.2, 0.25) is 0 Å². The largest absolute Gasteiger partial charge is 0.324 e. The number of nitrogens with zero attached hydrogens (tertiary/aromatic N) is 3. The van der Waals surface area contributed by atoms with Crippen LogP contribution in [0, 0.1) is 0 Å². The Morgan fingerprint density at radius 3 is 1.83 bits per heavy atom. The molecule has 1 N–H and O–H groups in total. The van der Waals surface area contributed by atoms with Gasteiger partial charge in [0.1, 0.15) is 6.04 Å². The summed E-state index contributed by atoms with van der Waals surface area (Å²) < 4.78 is 0. The summed E-state index contributed by atoms with van der Waals surface area (Å²) in [5, 5.41) is 11.0. The van der Waals surface area contributed by atoms with E-state index in [-0.39, 0.29) is 0 Å². The van der Waals surface area contributed by atoms with Gasteiger partial charge in [-0.15, -0.1) is 0 Å². The Labute approximate surface area is 173 Å². The Hall–Kier alpha value is -4.13. The molecule has 0 saturated heterocycles. The summed E-state index contributed by atoms with van der Waals surface area (Å²) in [5.74, 6) is -1.38. The van der Waals surface area contributed by atoms with Gasteiger partial charge in [-0.3, -0.25) is 19.3 Å². The Kier molecular flexibility index (Phi) is 5.17.